The van der Waals surface area contributed by atoms with Crippen LogP contribution in [0.15, 0.2) is 18.5 Å². The van der Waals surface area contributed by atoms with E-state index < -0.39 is 21.0 Å². The second-order valence-corrected chi connectivity index (χ2v) is 18.3. The number of amides is 2. The van der Waals surface area contributed by atoms with Crippen molar-refractivity contribution in [1.29, 1.82) is 5.26 Å². The number of rotatable bonds is 8. The summed E-state index contributed by atoms with van der Waals surface area (Å²) in [5.74, 6) is -0.233. The summed E-state index contributed by atoms with van der Waals surface area (Å²) in [6.45, 7) is 12.7. The number of nitriles is 1. The van der Waals surface area contributed by atoms with E-state index in [9.17, 15) is 20.0 Å². The van der Waals surface area contributed by atoms with E-state index in [1.807, 2.05) is 16.8 Å². The topological polar surface area (TPSA) is 126 Å². The van der Waals surface area contributed by atoms with E-state index in [-0.39, 0.29) is 32.9 Å². The smallest absolute Gasteiger partial charge is 0.412 e. The molecule has 1 N–H and O–H groups in total. The van der Waals surface area contributed by atoms with Crippen LogP contribution in [0.25, 0.3) is 22.0 Å². The Balaban J connectivity index is 1.66. The number of aromatic nitrogens is 3. The maximum atomic E-state index is 14.3. The van der Waals surface area contributed by atoms with Gasteiger partial charge in [-0.05, 0) is 43.5 Å². The lowest BCUT2D eigenvalue weighted by atomic mass is 10.0. The van der Waals surface area contributed by atoms with Crippen LogP contribution in [0, 0.1) is 11.3 Å². The third kappa shape index (κ3) is 5.84. The van der Waals surface area contributed by atoms with Gasteiger partial charge in [-0.15, -0.1) is 0 Å². The average Bonchev–Trinajstić information content (AvgIpc) is 3.58. The number of anilines is 1. The predicted molar refractivity (Wildman–Crippen MR) is 172 cm³/mol. The van der Waals surface area contributed by atoms with Gasteiger partial charge in [0.15, 0.2) is 8.32 Å². The molecule has 0 saturated carbocycles. The molecule has 236 valence electrons. The molecule has 2 aliphatic rings. The summed E-state index contributed by atoms with van der Waals surface area (Å²) in [6, 6.07) is 3.36. The van der Waals surface area contributed by atoms with Crippen LogP contribution in [0.2, 0.25) is 28.2 Å². The minimum atomic E-state index is -2.03. The van der Waals surface area contributed by atoms with Crippen molar-refractivity contribution < 1.29 is 23.9 Å². The van der Waals surface area contributed by atoms with E-state index in [1.165, 1.54) is 6.07 Å². The molecule has 1 saturated heterocycles. The van der Waals surface area contributed by atoms with Crippen LogP contribution < -0.4 is 4.90 Å². The minimum absolute atomic E-state index is 0.0343. The summed E-state index contributed by atoms with van der Waals surface area (Å²) in [6.07, 6.45) is 4.70. The lowest BCUT2D eigenvalue weighted by molar-refractivity contribution is -0.0394. The number of hydrogen-bond acceptors (Lipinski definition) is 6. The zero-order chi connectivity index (χ0) is 32.0. The lowest BCUT2D eigenvalue weighted by Gasteiger charge is -2.37. The normalized spacial score (nSPS) is 17.5. The van der Waals surface area contributed by atoms with E-state index in [2.05, 4.69) is 39.0 Å². The number of fused-ring (bicyclic) bond motifs is 3. The summed E-state index contributed by atoms with van der Waals surface area (Å²) in [4.78, 5) is 29.4. The van der Waals surface area contributed by atoms with Gasteiger partial charge >= 0.3 is 6.09 Å². The summed E-state index contributed by atoms with van der Waals surface area (Å²) in [5.41, 5.74) is 2.06. The maximum Gasteiger partial charge on any atom is 0.412 e. The first kappa shape index (κ1) is 32.3. The standard InChI is InChI=1S/C30H38Cl2N6O5Si/c1-30(2,3)44(4,5)43-15-13-35-11-12-37-26-24(21(16-20(31)25(26)32)36(10-9-33)29(40)41)23(27(37)28(35)39)19-17-34-38(18-19)22-8-6-7-14-42-22/h16-18,22H,6-8,10-15H2,1-5H3,(H,40,41). The molecule has 1 aromatic carbocycles. The Labute approximate surface area is 267 Å². The Kier molecular flexibility index (Phi) is 9.08. The van der Waals surface area contributed by atoms with E-state index in [0.29, 0.717) is 60.6 Å². The molecule has 2 amide bonds. The van der Waals surface area contributed by atoms with Crippen LogP contribution in [0.3, 0.4) is 0 Å². The van der Waals surface area contributed by atoms with Gasteiger partial charge in [-0.3, -0.25) is 9.69 Å². The fraction of sp³-hybridized carbons (Fsp3) is 0.533. The number of carbonyl (C=O) groups excluding carboxylic acids is 1. The van der Waals surface area contributed by atoms with Crippen LogP contribution in [0.4, 0.5) is 10.5 Å². The maximum absolute atomic E-state index is 14.3. The lowest BCUT2D eigenvalue weighted by Crippen LogP contribution is -2.45. The highest BCUT2D eigenvalue weighted by molar-refractivity contribution is 6.74. The molecular formula is C30H38Cl2N6O5Si. The van der Waals surface area contributed by atoms with Gasteiger partial charge in [0.1, 0.15) is 18.5 Å². The predicted octanol–water partition coefficient (Wildman–Crippen LogP) is 7.00. The van der Waals surface area contributed by atoms with Gasteiger partial charge in [0, 0.05) is 49.0 Å². The Bertz CT molecular complexity index is 1630. The number of hydrogen-bond donors (Lipinski definition) is 1. The number of nitrogens with zero attached hydrogens (tertiary/aromatic N) is 6. The van der Waals surface area contributed by atoms with Gasteiger partial charge in [-0.1, -0.05) is 44.0 Å². The molecule has 1 atom stereocenters. The highest BCUT2D eigenvalue weighted by atomic mass is 35.5. The molecule has 0 bridgehead atoms. The Morgan fingerprint density at radius 1 is 1.30 bits per heavy atom. The Hall–Kier alpha value is -3.08. The van der Waals surface area contributed by atoms with E-state index in [4.69, 9.17) is 32.4 Å². The van der Waals surface area contributed by atoms with Gasteiger partial charge in [-0.25, -0.2) is 9.48 Å². The van der Waals surface area contributed by atoms with Gasteiger partial charge in [0.25, 0.3) is 5.91 Å². The molecule has 4 heterocycles. The van der Waals surface area contributed by atoms with Crippen LogP contribution in [0.1, 0.15) is 56.8 Å². The van der Waals surface area contributed by atoms with Gasteiger partial charge in [0.05, 0.1) is 40.1 Å². The Morgan fingerprint density at radius 2 is 2.05 bits per heavy atom. The summed E-state index contributed by atoms with van der Waals surface area (Å²) >= 11 is 13.4. The van der Waals surface area contributed by atoms with Crippen molar-refractivity contribution in [2.45, 2.75) is 70.9 Å². The fourth-order valence-corrected chi connectivity index (χ4v) is 7.08. The molecule has 0 spiro atoms. The first-order valence-electron chi connectivity index (χ1n) is 14.8. The van der Waals surface area contributed by atoms with E-state index in [0.717, 1.165) is 24.2 Å². The van der Waals surface area contributed by atoms with Crippen molar-refractivity contribution in [3.8, 4) is 17.2 Å². The number of carbonyl (C=O) groups is 2. The van der Waals surface area contributed by atoms with Crippen LogP contribution in [-0.2, 0) is 15.7 Å². The molecule has 0 aliphatic carbocycles. The van der Waals surface area contributed by atoms with Crippen molar-refractivity contribution in [3.05, 3.63) is 34.2 Å². The van der Waals surface area contributed by atoms with Crippen molar-refractivity contribution in [1.82, 2.24) is 19.2 Å². The molecule has 5 rings (SSSR count). The number of ether oxygens (including phenoxy) is 1. The molecule has 11 nitrogen and oxygen atoms in total. The van der Waals surface area contributed by atoms with Gasteiger partial charge in [0.2, 0.25) is 0 Å². The average molecular weight is 662 g/mol. The monoisotopic (exact) mass is 660 g/mol. The van der Waals surface area contributed by atoms with Crippen LogP contribution >= 0.6 is 23.2 Å². The molecule has 1 unspecified atom stereocenters. The molecule has 3 aromatic rings. The van der Waals surface area contributed by atoms with Crippen molar-refractivity contribution in [3.63, 3.8) is 0 Å². The molecule has 0 radical (unpaired) electrons. The van der Waals surface area contributed by atoms with Crippen molar-refractivity contribution in [2.75, 3.05) is 37.7 Å². The number of benzene rings is 1. The minimum Gasteiger partial charge on any atom is -0.465 e. The molecular weight excluding hydrogens is 623 g/mol. The first-order chi connectivity index (χ1) is 20.8. The third-order valence-electron chi connectivity index (χ3n) is 9.01. The Morgan fingerprint density at radius 3 is 2.68 bits per heavy atom. The third-order valence-corrected chi connectivity index (χ3v) is 14.3. The van der Waals surface area contributed by atoms with E-state index in [1.54, 1.807) is 15.8 Å². The van der Waals surface area contributed by atoms with Crippen molar-refractivity contribution in [2.24, 2.45) is 0 Å². The first-order valence-corrected chi connectivity index (χ1v) is 18.4. The second kappa shape index (κ2) is 12.4. The van der Waals surface area contributed by atoms with Gasteiger partial charge in [-0.2, -0.15) is 10.4 Å². The summed E-state index contributed by atoms with van der Waals surface area (Å²) in [7, 11) is -2.03. The molecule has 2 aliphatic heterocycles. The SMILES string of the molecule is CC(C)(C)[Si](C)(C)OCCN1CCn2c(c(-c3cnn(C4CCCCO4)c3)c3c(N(CC#N)C(=O)O)cc(Cl)c(Cl)c32)C1=O. The molecule has 1 fully saturated rings. The van der Waals surface area contributed by atoms with E-state index >= 15 is 0 Å². The summed E-state index contributed by atoms with van der Waals surface area (Å²) in [5, 5.41) is 24.9. The molecule has 14 heteroatoms. The zero-order valence-corrected chi connectivity index (χ0v) is 28.2. The van der Waals surface area contributed by atoms with Crippen LogP contribution in [0.5, 0.6) is 0 Å². The molecule has 44 heavy (non-hydrogen) atoms. The highest BCUT2D eigenvalue weighted by Gasteiger charge is 2.39. The highest BCUT2D eigenvalue weighted by Crippen LogP contribution is 2.47. The zero-order valence-electron chi connectivity index (χ0n) is 25.7. The van der Waals surface area contributed by atoms with Crippen LogP contribution in [-0.4, -0.2) is 77.5 Å². The molecule has 2 aromatic heterocycles. The second-order valence-electron chi connectivity index (χ2n) is 12.7. The van der Waals surface area contributed by atoms with Crippen molar-refractivity contribution >= 4 is 60.1 Å². The fourth-order valence-electron chi connectivity index (χ4n) is 5.60. The number of halogens is 2. The largest absolute Gasteiger partial charge is 0.465 e. The number of carboxylic acid groups (broad SMARTS) is 1. The summed E-state index contributed by atoms with van der Waals surface area (Å²) < 4.78 is 15.9. The van der Waals surface area contributed by atoms with Gasteiger partial charge < -0.3 is 23.7 Å². The quantitative estimate of drug-likeness (QED) is 0.204.